The highest BCUT2D eigenvalue weighted by molar-refractivity contribution is 9.10. The fourth-order valence-electron chi connectivity index (χ4n) is 2.10. The van der Waals surface area contributed by atoms with Crippen molar-refractivity contribution < 1.29 is 12.8 Å². The Balaban J connectivity index is 2.05. The third-order valence-electron chi connectivity index (χ3n) is 3.14. The molecule has 1 aromatic rings. The minimum atomic E-state index is -3.78. The van der Waals surface area contributed by atoms with Crippen molar-refractivity contribution in [3.8, 4) is 0 Å². The normalized spacial score (nSPS) is 20.4. The average Bonchev–Trinajstić information content (AvgIpc) is 2.37. The van der Waals surface area contributed by atoms with E-state index in [1.807, 2.05) is 0 Å². The van der Waals surface area contributed by atoms with E-state index in [9.17, 15) is 12.8 Å². The fourth-order valence-corrected chi connectivity index (χ4v) is 3.60. The molecule has 1 aliphatic heterocycles. The van der Waals surface area contributed by atoms with Crippen LogP contribution in [-0.2, 0) is 10.0 Å². The predicted octanol–water partition coefficient (Wildman–Crippen LogP) is 1.87. The van der Waals surface area contributed by atoms with Gasteiger partial charge in [-0.25, -0.2) is 17.5 Å². The van der Waals surface area contributed by atoms with Crippen LogP contribution in [0.4, 0.5) is 4.39 Å². The van der Waals surface area contributed by atoms with Crippen molar-refractivity contribution in [1.29, 1.82) is 0 Å². The lowest BCUT2D eigenvalue weighted by Crippen LogP contribution is -2.38. The van der Waals surface area contributed by atoms with E-state index in [0.717, 1.165) is 32.0 Å². The van der Waals surface area contributed by atoms with Gasteiger partial charge in [-0.1, -0.05) is 15.9 Å². The first kappa shape index (κ1) is 14.9. The van der Waals surface area contributed by atoms with E-state index in [4.69, 9.17) is 0 Å². The highest BCUT2D eigenvalue weighted by Crippen LogP contribution is 2.19. The molecule has 0 amide bonds. The van der Waals surface area contributed by atoms with Crippen molar-refractivity contribution in [2.24, 2.45) is 5.92 Å². The highest BCUT2D eigenvalue weighted by atomic mass is 79.9. The maximum absolute atomic E-state index is 13.7. The van der Waals surface area contributed by atoms with Gasteiger partial charge in [0, 0.05) is 11.0 Å². The minimum Gasteiger partial charge on any atom is -0.316 e. The molecule has 1 heterocycles. The van der Waals surface area contributed by atoms with Crippen molar-refractivity contribution in [3.63, 3.8) is 0 Å². The summed E-state index contributed by atoms with van der Waals surface area (Å²) in [6.07, 6.45) is 2.03. The zero-order chi connectivity index (χ0) is 13.9. The molecule has 1 atom stereocenters. The summed E-state index contributed by atoms with van der Waals surface area (Å²) in [5, 5.41) is 3.21. The Kier molecular flexibility index (Phi) is 4.94. The zero-order valence-electron chi connectivity index (χ0n) is 10.3. The number of halogens is 2. The van der Waals surface area contributed by atoms with E-state index in [1.165, 1.54) is 12.1 Å². The number of rotatable bonds is 4. The molecule has 4 nitrogen and oxygen atoms in total. The summed E-state index contributed by atoms with van der Waals surface area (Å²) >= 11 is 3.10. The Labute approximate surface area is 121 Å². The molecule has 0 bridgehead atoms. The second-order valence-corrected chi connectivity index (χ2v) is 7.29. The maximum Gasteiger partial charge on any atom is 0.243 e. The second-order valence-electron chi connectivity index (χ2n) is 4.64. The molecule has 0 aromatic heterocycles. The molecule has 1 aliphatic rings. The van der Waals surface area contributed by atoms with Gasteiger partial charge >= 0.3 is 0 Å². The Hall–Kier alpha value is -0.500. The van der Waals surface area contributed by atoms with Crippen LogP contribution in [0.15, 0.2) is 27.6 Å². The monoisotopic (exact) mass is 350 g/mol. The lowest BCUT2D eigenvalue weighted by molar-refractivity contribution is 0.375. The van der Waals surface area contributed by atoms with Gasteiger partial charge in [0.1, 0.15) is 10.7 Å². The van der Waals surface area contributed by atoms with Gasteiger partial charge in [0.25, 0.3) is 0 Å². The molecule has 0 aliphatic carbocycles. The molecule has 0 saturated carbocycles. The molecular formula is C12H16BrFN2O2S. The lowest BCUT2D eigenvalue weighted by Gasteiger charge is -2.22. The summed E-state index contributed by atoms with van der Waals surface area (Å²) < 4.78 is 40.7. The van der Waals surface area contributed by atoms with Gasteiger partial charge in [0.2, 0.25) is 10.0 Å². The Morgan fingerprint density at radius 1 is 1.47 bits per heavy atom. The molecule has 2 rings (SSSR count). The van der Waals surface area contributed by atoms with E-state index in [0.29, 0.717) is 11.0 Å². The summed E-state index contributed by atoms with van der Waals surface area (Å²) in [5.74, 6) is -0.481. The Bertz CT molecular complexity index is 545. The fraction of sp³-hybridized carbons (Fsp3) is 0.500. The van der Waals surface area contributed by atoms with Gasteiger partial charge in [-0.2, -0.15) is 0 Å². The van der Waals surface area contributed by atoms with Crippen LogP contribution in [0.25, 0.3) is 0 Å². The first-order valence-electron chi connectivity index (χ1n) is 6.14. The van der Waals surface area contributed by atoms with Crippen molar-refractivity contribution in [2.75, 3.05) is 19.6 Å². The van der Waals surface area contributed by atoms with Crippen molar-refractivity contribution in [2.45, 2.75) is 17.7 Å². The molecule has 2 N–H and O–H groups in total. The lowest BCUT2D eigenvalue weighted by atomic mass is 10.0. The predicted molar refractivity (Wildman–Crippen MR) is 74.9 cm³/mol. The van der Waals surface area contributed by atoms with Crippen LogP contribution in [0.2, 0.25) is 0 Å². The number of hydrogen-bond acceptors (Lipinski definition) is 3. The number of sulfonamides is 1. The first-order chi connectivity index (χ1) is 8.99. The van der Waals surface area contributed by atoms with Crippen molar-refractivity contribution >= 4 is 26.0 Å². The Morgan fingerprint density at radius 3 is 2.89 bits per heavy atom. The molecule has 1 unspecified atom stereocenters. The van der Waals surface area contributed by atoms with E-state index in [-0.39, 0.29) is 10.8 Å². The third kappa shape index (κ3) is 3.98. The first-order valence-corrected chi connectivity index (χ1v) is 8.42. The van der Waals surface area contributed by atoms with Crippen LogP contribution in [0.3, 0.4) is 0 Å². The third-order valence-corrected chi connectivity index (χ3v) is 5.09. The van der Waals surface area contributed by atoms with Gasteiger partial charge in [0.05, 0.1) is 0 Å². The average molecular weight is 351 g/mol. The van der Waals surface area contributed by atoms with E-state index in [2.05, 4.69) is 26.0 Å². The number of hydrogen-bond donors (Lipinski definition) is 2. The largest absolute Gasteiger partial charge is 0.316 e. The van der Waals surface area contributed by atoms with Gasteiger partial charge in [-0.3, -0.25) is 0 Å². The van der Waals surface area contributed by atoms with Crippen LogP contribution in [0, 0.1) is 11.7 Å². The molecule has 1 saturated heterocycles. The van der Waals surface area contributed by atoms with Gasteiger partial charge in [0.15, 0.2) is 0 Å². The molecule has 106 valence electrons. The molecule has 19 heavy (non-hydrogen) atoms. The summed E-state index contributed by atoms with van der Waals surface area (Å²) in [4.78, 5) is -0.306. The standard InChI is InChI=1S/C12H16BrFN2O2S/c13-10-3-4-12(11(14)6-10)19(17,18)16-8-9-2-1-5-15-7-9/h3-4,6,9,15-16H,1-2,5,7-8H2. The minimum absolute atomic E-state index is 0.266. The zero-order valence-corrected chi connectivity index (χ0v) is 12.7. The molecule has 1 aromatic carbocycles. The second kappa shape index (κ2) is 6.30. The number of nitrogens with one attached hydrogen (secondary N) is 2. The molecular weight excluding hydrogens is 335 g/mol. The van der Waals surface area contributed by atoms with Crippen LogP contribution in [-0.4, -0.2) is 28.1 Å². The van der Waals surface area contributed by atoms with E-state index >= 15 is 0 Å². The highest BCUT2D eigenvalue weighted by Gasteiger charge is 2.21. The van der Waals surface area contributed by atoms with Crippen LogP contribution in [0.1, 0.15) is 12.8 Å². The SMILES string of the molecule is O=S(=O)(NCC1CCCNC1)c1ccc(Br)cc1F. The van der Waals surface area contributed by atoms with E-state index in [1.54, 1.807) is 0 Å². The summed E-state index contributed by atoms with van der Waals surface area (Å²) in [7, 11) is -3.78. The maximum atomic E-state index is 13.7. The number of piperidine rings is 1. The molecule has 1 fully saturated rings. The number of benzene rings is 1. The summed E-state index contributed by atoms with van der Waals surface area (Å²) in [5.41, 5.74) is 0. The van der Waals surface area contributed by atoms with Crippen LogP contribution < -0.4 is 10.0 Å². The summed E-state index contributed by atoms with van der Waals surface area (Å²) in [6, 6.07) is 3.93. The topological polar surface area (TPSA) is 58.2 Å². The molecule has 0 radical (unpaired) electrons. The Morgan fingerprint density at radius 2 is 2.26 bits per heavy atom. The van der Waals surface area contributed by atoms with E-state index < -0.39 is 15.8 Å². The molecule has 0 spiro atoms. The smallest absolute Gasteiger partial charge is 0.243 e. The van der Waals surface area contributed by atoms with Crippen molar-refractivity contribution in [3.05, 3.63) is 28.5 Å². The van der Waals surface area contributed by atoms with Gasteiger partial charge < -0.3 is 5.32 Å². The van der Waals surface area contributed by atoms with Crippen LogP contribution >= 0.6 is 15.9 Å². The van der Waals surface area contributed by atoms with Gasteiger partial charge in [-0.15, -0.1) is 0 Å². The van der Waals surface area contributed by atoms with Crippen LogP contribution in [0.5, 0.6) is 0 Å². The van der Waals surface area contributed by atoms with Crippen molar-refractivity contribution in [1.82, 2.24) is 10.0 Å². The molecule has 7 heteroatoms. The van der Waals surface area contributed by atoms with Gasteiger partial charge in [-0.05, 0) is 50.0 Å². The summed E-state index contributed by atoms with van der Waals surface area (Å²) in [6.45, 7) is 2.11. The quantitative estimate of drug-likeness (QED) is 0.871.